The Labute approximate surface area is 98.0 Å². The van der Waals surface area contributed by atoms with E-state index in [2.05, 4.69) is 19.2 Å². The standard InChI is InChI=1S/C12H24N2O2/c1-10(2)8-11(4-7-15)9-13-12(16)14-5-3-6-14/h10-11,15H,3-9H2,1-2H3,(H,13,16). The zero-order valence-corrected chi connectivity index (χ0v) is 10.4. The maximum absolute atomic E-state index is 11.6. The lowest BCUT2D eigenvalue weighted by atomic mass is 9.94. The lowest BCUT2D eigenvalue weighted by Gasteiger charge is -2.31. The number of carbonyl (C=O) groups excluding carboxylic acids is 1. The molecule has 1 unspecified atom stereocenters. The molecule has 1 atom stereocenters. The van der Waals surface area contributed by atoms with E-state index in [0.717, 1.165) is 32.4 Å². The Morgan fingerprint density at radius 1 is 1.44 bits per heavy atom. The number of nitrogens with one attached hydrogen (secondary N) is 1. The average molecular weight is 228 g/mol. The van der Waals surface area contributed by atoms with Crippen LogP contribution < -0.4 is 5.32 Å². The van der Waals surface area contributed by atoms with Gasteiger partial charge < -0.3 is 15.3 Å². The van der Waals surface area contributed by atoms with Gasteiger partial charge in [-0.05, 0) is 31.1 Å². The highest BCUT2D eigenvalue weighted by molar-refractivity contribution is 5.74. The van der Waals surface area contributed by atoms with Crippen molar-refractivity contribution >= 4 is 6.03 Å². The van der Waals surface area contributed by atoms with Crippen molar-refractivity contribution < 1.29 is 9.90 Å². The molecule has 0 spiro atoms. The number of nitrogens with zero attached hydrogens (tertiary/aromatic N) is 1. The number of aliphatic hydroxyl groups excluding tert-OH is 1. The molecule has 0 aromatic rings. The summed E-state index contributed by atoms with van der Waals surface area (Å²) in [5, 5.41) is 11.9. The topological polar surface area (TPSA) is 52.6 Å². The molecular weight excluding hydrogens is 204 g/mol. The van der Waals surface area contributed by atoms with E-state index in [-0.39, 0.29) is 12.6 Å². The highest BCUT2D eigenvalue weighted by Crippen LogP contribution is 2.14. The number of amides is 2. The molecule has 16 heavy (non-hydrogen) atoms. The van der Waals surface area contributed by atoms with Gasteiger partial charge in [-0.15, -0.1) is 0 Å². The number of urea groups is 1. The van der Waals surface area contributed by atoms with Crippen molar-refractivity contribution in [3.8, 4) is 0 Å². The van der Waals surface area contributed by atoms with Crippen LogP contribution in [-0.4, -0.2) is 42.3 Å². The second kappa shape index (κ2) is 6.74. The molecule has 1 aliphatic heterocycles. The third-order valence-electron chi connectivity index (χ3n) is 3.03. The number of carbonyl (C=O) groups is 1. The van der Waals surface area contributed by atoms with Gasteiger partial charge in [0.05, 0.1) is 0 Å². The third-order valence-corrected chi connectivity index (χ3v) is 3.03. The van der Waals surface area contributed by atoms with Gasteiger partial charge in [0.25, 0.3) is 0 Å². The first kappa shape index (κ1) is 13.3. The van der Waals surface area contributed by atoms with Crippen LogP contribution in [0.2, 0.25) is 0 Å². The van der Waals surface area contributed by atoms with Crippen LogP contribution in [0.4, 0.5) is 4.79 Å². The first-order chi connectivity index (χ1) is 7.63. The van der Waals surface area contributed by atoms with E-state index in [0.29, 0.717) is 18.4 Å². The highest BCUT2D eigenvalue weighted by Gasteiger charge is 2.20. The van der Waals surface area contributed by atoms with E-state index in [4.69, 9.17) is 5.11 Å². The van der Waals surface area contributed by atoms with E-state index in [9.17, 15) is 4.79 Å². The van der Waals surface area contributed by atoms with Crippen LogP contribution in [0.15, 0.2) is 0 Å². The van der Waals surface area contributed by atoms with E-state index in [1.807, 2.05) is 4.90 Å². The molecule has 0 aromatic heterocycles. The minimum absolute atomic E-state index is 0.0537. The van der Waals surface area contributed by atoms with Crippen LogP contribution >= 0.6 is 0 Å². The van der Waals surface area contributed by atoms with Crippen molar-refractivity contribution in [3.05, 3.63) is 0 Å². The molecule has 0 radical (unpaired) electrons. The van der Waals surface area contributed by atoms with Crippen molar-refractivity contribution in [2.75, 3.05) is 26.2 Å². The van der Waals surface area contributed by atoms with E-state index in [1.54, 1.807) is 0 Å². The summed E-state index contributed by atoms with van der Waals surface area (Å²) in [7, 11) is 0. The van der Waals surface area contributed by atoms with Crippen LogP contribution in [0.25, 0.3) is 0 Å². The minimum Gasteiger partial charge on any atom is -0.396 e. The van der Waals surface area contributed by atoms with Gasteiger partial charge in [0, 0.05) is 26.2 Å². The first-order valence-corrected chi connectivity index (χ1v) is 6.27. The average Bonchev–Trinajstić information content (AvgIpc) is 2.11. The number of hydrogen-bond donors (Lipinski definition) is 2. The highest BCUT2D eigenvalue weighted by atomic mass is 16.3. The van der Waals surface area contributed by atoms with Gasteiger partial charge in [0.15, 0.2) is 0 Å². The predicted molar refractivity (Wildman–Crippen MR) is 64.2 cm³/mol. The smallest absolute Gasteiger partial charge is 0.317 e. The van der Waals surface area contributed by atoms with E-state index < -0.39 is 0 Å². The molecule has 2 N–H and O–H groups in total. The Morgan fingerprint density at radius 3 is 2.56 bits per heavy atom. The molecule has 1 aliphatic rings. The lowest BCUT2D eigenvalue weighted by Crippen LogP contribution is -2.48. The molecule has 1 heterocycles. The predicted octanol–water partition coefficient (Wildman–Crippen LogP) is 1.45. The Kier molecular flexibility index (Phi) is 5.60. The quantitative estimate of drug-likeness (QED) is 0.723. The maximum Gasteiger partial charge on any atom is 0.317 e. The number of rotatable bonds is 6. The van der Waals surface area contributed by atoms with Crippen LogP contribution in [0.3, 0.4) is 0 Å². The summed E-state index contributed by atoms with van der Waals surface area (Å²) in [5.41, 5.74) is 0. The van der Waals surface area contributed by atoms with Gasteiger partial charge in [-0.2, -0.15) is 0 Å². The van der Waals surface area contributed by atoms with Gasteiger partial charge in [-0.25, -0.2) is 4.79 Å². The number of hydrogen-bond acceptors (Lipinski definition) is 2. The summed E-state index contributed by atoms with van der Waals surface area (Å²) in [6, 6.07) is 0.0537. The Hall–Kier alpha value is -0.770. The molecule has 1 rings (SSSR count). The summed E-state index contributed by atoms with van der Waals surface area (Å²) >= 11 is 0. The van der Waals surface area contributed by atoms with Gasteiger partial charge in [0.2, 0.25) is 0 Å². The number of aliphatic hydroxyl groups is 1. The van der Waals surface area contributed by atoms with Crippen LogP contribution in [0.1, 0.15) is 33.1 Å². The molecule has 1 saturated heterocycles. The molecule has 1 fully saturated rings. The molecule has 0 bridgehead atoms. The first-order valence-electron chi connectivity index (χ1n) is 6.27. The van der Waals surface area contributed by atoms with Crippen molar-refractivity contribution in [1.82, 2.24) is 10.2 Å². The summed E-state index contributed by atoms with van der Waals surface area (Å²) < 4.78 is 0. The molecule has 2 amide bonds. The summed E-state index contributed by atoms with van der Waals surface area (Å²) in [4.78, 5) is 13.4. The molecule has 0 saturated carbocycles. The molecule has 0 aromatic carbocycles. The van der Waals surface area contributed by atoms with Crippen molar-refractivity contribution in [1.29, 1.82) is 0 Å². The zero-order valence-electron chi connectivity index (χ0n) is 10.4. The van der Waals surface area contributed by atoms with Gasteiger partial charge in [-0.1, -0.05) is 13.8 Å². The second-order valence-corrected chi connectivity index (χ2v) is 5.03. The number of likely N-dealkylation sites (tertiary alicyclic amines) is 1. The summed E-state index contributed by atoms with van der Waals surface area (Å²) in [6.07, 6.45) is 2.96. The lowest BCUT2D eigenvalue weighted by molar-refractivity contribution is 0.163. The fourth-order valence-corrected chi connectivity index (χ4v) is 2.02. The maximum atomic E-state index is 11.6. The minimum atomic E-state index is 0.0537. The molecular formula is C12H24N2O2. The van der Waals surface area contributed by atoms with E-state index >= 15 is 0 Å². The van der Waals surface area contributed by atoms with Gasteiger partial charge >= 0.3 is 6.03 Å². The largest absolute Gasteiger partial charge is 0.396 e. The van der Waals surface area contributed by atoms with Crippen molar-refractivity contribution in [2.24, 2.45) is 11.8 Å². The summed E-state index contributed by atoms with van der Waals surface area (Å²) in [6.45, 7) is 7.01. The fourth-order valence-electron chi connectivity index (χ4n) is 2.02. The van der Waals surface area contributed by atoms with Crippen molar-refractivity contribution in [2.45, 2.75) is 33.1 Å². The summed E-state index contributed by atoms with van der Waals surface area (Å²) in [5.74, 6) is 1.01. The van der Waals surface area contributed by atoms with Gasteiger partial charge in [0.1, 0.15) is 0 Å². The second-order valence-electron chi connectivity index (χ2n) is 5.03. The van der Waals surface area contributed by atoms with Crippen LogP contribution in [0, 0.1) is 11.8 Å². The fraction of sp³-hybridized carbons (Fsp3) is 0.917. The Morgan fingerprint density at radius 2 is 2.12 bits per heavy atom. The van der Waals surface area contributed by atoms with Crippen LogP contribution in [-0.2, 0) is 0 Å². The molecule has 4 heteroatoms. The zero-order chi connectivity index (χ0) is 12.0. The molecule has 0 aliphatic carbocycles. The Bertz CT molecular complexity index is 215. The molecule has 4 nitrogen and oxygen atoms in total. The third kappa shape index (κ3) is 4.39. The van der Waals surface area contributed by atoms with E-state index in [1.165, 1.54) is 0 Å². The van der Waals surface area contributed by atoms with Gasteiger partial charge in [-0.3, -0.25) is 0 Å². The SMILES string of the molecule is CC(C)CC(CCO)CNC(=O)N1CCC1. The van der Waals surface area contributed by atoms with Crippen LogP contribution in [0.5, 0.6) is 0 Å². The van der Waals surface area contributed by atoms with Crippen molar-refractivity contribution in [3.63, 3.8) is 0 Å². The Balaban J connectivity index is 2.22. The monoisotopic (exact) mass is 228 g/mol. The normalized spacial score (nSPS) is 17.1. The molecule has 94 valence electrons.